The molecule has 1 aromatic rings. The molecule has 172 valence electrons. The van der Waals surface area contributed by atoms with E-state index in [0.29, 0.717) is 12.5 Å². The number of hydrogen-bond donors (Lipinski definition) is 2. The van der Waals surface area contributed by atoms with Crippen LogP contribution in [0.5, 0.6) is 0 Å². The molecule has 2 rings (SSSR count). The average molecular weight is 442 g/mol. The van der Waals surface area contributed by atoms with Gasteiger partial charge in [-0.1, -0.05) is 25.7 Å². The Morgan fingerprint density at radius 2 is 2.00 bits per heavy atom. The molecule has 1 aliphatic rings. The van der Waals surface area contributed by atoms with Gasteiger partial charge in [-0.2, -0.15) is 18.2 Å². The summed E-state index contributed by atoms with van der Waals surface area (Å²) in [5.74, 6) is -0.518. The Balaban J connectivity index is 2.23. The molecule has 3 N–H and O–H groups in total. The maximum Gasteiger partial charge on any atom is 0.416 e. The van der Waals surface area contributed by atoms with Crippen molar-refractivity contribution < 1.29 is 23.1 Å². The highest BCUT2D eigenvalue weighted by Gasteiger charge is 2.33. The molecule has 0 aliphatic heterocycles. The fourth-order valence-corrected chi connectivity index (χ4v) is 3.53. The number of amides is 1. The molecule has 0 bridgehead atoms. The molecule has 0 radical (unpaired) electrons. The molecule has 7 nitrogen and oxygen atoms in total. The predicted octanol–water partition coefficient (Wildman–Crippen LogP) is 3.10. The summed E-state index contributed by atoms with van der Waals surface area (Å²) < 4.78 is 39.7. The number of halogens is 3. The zero-order chi connectivity index (χ0) is 23.2. The summed E-state index contributed by atoms with van der Waals surface area (Å²) in [6.45, 7) is 3.35. The van der Waals surface area contributed by atoms with Gasteiger partial charge in [0.1, 0.15) is 11.9 Å². The van der Waals surface area contributed by atoms with Crippen LogP contribution in [0, 0.1) is 5.92 Å². The number of nitrogens with zero attached hydrogens (tertiary/aromatic N) is 3. The number of aliphatic imine (C=N–C) groups is 2. The molecule has 0 aromatic carbocycles. The van der Waals surface area contributed by atoms with E-state index in [9.17, 15) is 27.9 Å². The van der Waals surface area contributed by atoms with Crippen LogP contribution in [0.2, 0.25) is 0 Å². The molecule has 1 aliphatic carbocycles. The molecule has 31 heavy (non-hydrogen) atoms. The van der Waals surface area contributed by atoms with Crippen molar-refractivity contribution in [3.8, 4) is 0 Å². The number of nitrogens with two attached hydrogens (primary N) is 1. The number of pyridine rings is 1. The summed E-state index contributed by atoms with van der Waals surface area (Å²) >= 11 is 0. The number of aliphatic hydroxyl groups is 1. The van der Waals surface area contributed by atoms with E-state index in [1.54, 1.807) is 13.8 Å². The first-order chi connectivity index (χ1) is 14.4. The van der Waals surface area contributed by atoms with Crippen molar-refractivity contribution in [3.63, 3.8) is 0 Å². The number of alkyl halides is 3. The highest BCUT2D eigenvalue weighted by atomic mass is 19.4. The van der Waals surface area contributed by atoms with Crippen molar-refractivity contribution in [2.24, 2.45) is 21.6 Å². The molecule has 1 aromatic heterocycles. The van der Waals surface area contributed by atoms with E-state index in [2.05, 4.69) is 9.98 Å². The number of rotatable bonds is 8. The summed E-state index contributed by atoms with van der Waals surface area (Å²) in [6, 6.07) is 0.252. The molecule has 10 heteroatoms. The Kier molecular flexibility index (Phi) is 8.16. The second kappa shape index (κ2) is 10.2. The molecule has 1 amide bonds. The summed E-state index contributed by atoms with van der Waals surface area (Å²) in [5.41, 5.74) is 2.86. The molecule has 1 unspecified atom stereocenters. The quantitative estimate of drug-likeness (QED) is 0.476. The van der Waals surface area contributed by atoms with E-state index in [0.717, 1.165) is 42.5 Å². The largest absolute Gasteiger partial charge is 0.416 e. The highest BCUT2D eigenvalue weighted by Crippen LogP contribution is 2.33. The third kappa shape index (κ3) is 7.93. The van der Waals surface area contributed by atoms with E-state index in [-0.39, 0.29) is 24.7 Å². The van der Waals surface area contributed by atoms with Crippen molar-refractivity contribution in [1.82, 2.24) is 4.57 Å². The van der Waals surface area contributed by atoms with Crippen LogP contribution in [0.1, 0.15) is 64.0 Å². The fraction of sp³-hybridized carbons (Fsp3) is 0.619. The van der Waals surface area contributed by atoms with Gasteiger partial charge in [-0.15, -0.1) is 0 Å². The Morgan fingerprint density at radius 1 is 1.35 bits per heavy atom. The predicted molar refractivity (Wildman–Crippen MR) is 112 cm³/mol. The normalized spacial score (nSPS) is 17.4. The van der Waals surface area contributed by atoms with E-state index in [4.69, 9.17) is 5.73 Å². The summed E-state index contributed by atoms with van der Waals surface area (Å²) in [6.07, 6.45) is 1.97. The van der Waals surface area contributed by atoms with Crippen LogP contribution in [0.3, 0.4) is 0 Å². The first kappa shape index (κ1) is 24.8. The number of aromatic nitrogens is 1. The lowest BCUT2D eigenvalue weighted by Gasteiger charge is -2.21. The lowest BCUT2D eigenvalue weighted by atomic mass is 9.97. The van der Waals surface area contributed by atoms with E-state index in [1.165, 1.54) is 6.21 Å². The minimum absolute atomic E-state index is 0.0270. The van der Waals surface area contributed by atoms with Crippen molar-refractivity contribution in [2.45, 2.75) is 70.2 Å². The average Bonchev–Trinajstić information content (AvgIpc) is 3.15. The van der Waals surface area contributed by atoms with Crippen LogP contribution in [0.4, 0.5) is 13.2 Å². The van der Waals surface area contributed by atoms with Gasteiger partial charge in [0.25, 0.3) is 11.5 Å². The van der Waals surface area contributed by atoms with Gasteiger partial charge < -0.3 is 15.4 Å². The van der Waals surface area contributed by atoms with Gasteiger partial charge in [0.05, 0.1) is 17.7 Å². The smallest absolute Gasteiger partial charge is 0.389 e. The third-order valence-corrected chi connectivity index (χ3v) is 5.09. The first-order valence-electron chi connectivity index (χ1n) is 10.2. The number of carbonyl (C=O) groups is 1. The standard InChI is InChI=1S/C21H29F3N4O3/c1-20(2,31)13-26-9-7-17(25)27-19(30)16(11-14-5-3-4-6-14)28-10-8-15(12-18(28)29)21(22,23)24/h8-10,12,14,16,31H,3-7,11,13H2,1-2H3,(H2,25,27,30). The van der Waals surface area contributed by atoms with Gasteiger partial charge in [0.2, 0.25) is 0 Å². The van der Waals surface area contributed by atoms with Crippen molar-refractivity contribution in [1.29, 1.82) is 0 Å². The minimum Gasteiger partial charge on any atom is -0.389 e. The van der Waals surface area contributed by atoms with Crippen LogP contribution < -0.4 is 11.3 Å². The van der Waals surface area contributed by atoms with Gasteiger partial charge in [0.15, 0.2) is 0 Å². The monoisotopic (exact) mass is 442 g/mol. The number of amidine groups is 1. The molecular formula is C21H29F3N4O3. The fourth-order valence-electron chi connectivity index (χ4n) is 3.53. The Bertz CT molecular complexity index is 879. The first-order valence-corrected chi connectivity index (χ1v) is 10.2. The van der Waals surface area contributed by atoms with Gasteiger partial charge in [0, 0.05) is 24.9 Å². The van der Waals surface area contributed by atoms with Gasteiger partial charge >= 0.3 is 6.18 Å². The van der Waals surface area contributed by atoms with E-state index in [1.807, 2.05) is 0 Å². The van der Waals surface area contributed by atoms with Gasteiger partial charge in [-0.25, -0.2) is 0 Å². The number of hydrogen-bond acceptors (Lipinski definition) is 4. The SMILES string of the molecule is CC(C)(O)CN=CCC(N)=NC(=O)C(CC1CCCC1)n1ccc(C(F)(F)F)cc1=O. The molecule has 1 fully saturated rings. The molecule has 1 saturated carbocycles. The van der Waals surface area contributed by atoms with Crippen LogP contribution in [0.25, 0.3) is 0 Å². The lowest BCUT2D eigenvalue weighted by Crippen LogP contribution is -2.32. The molecule has 0 spiro atoms. The van der Waals surface area contributed by atoms with Crippen molar-refractivity contribution >= 4 is 18.0 Å². The minimum atomic E-state index is -4.64. The van der Waals surface area contributed by atoms with E-state index >= 15 is 0 Å². The summed E-state index contributed by atoms with van der Waals surface area (Å²) in [4.78, 5) is 33.1. The Morgan fingerprint density at radius 3 is 2.55 bits per heavy atom. The topological polar surface area (TPSA) is 110 Å². The van der Waals surface area contributed by atoms with Crippen molar-refractivity contribution in [3.05, 3.63) is 34.2 Å². The summed E-state index contributed by atoms with van der Waals surface area (Å²) in [5, 5.41) is 9.63. The maximum atomic E-state index is 12.9. The van der Waals surface area contributed by atoms with Crippen LogP contribution in [-0.2, 0) is 11.0 Å². The van der Waals surface area contributed by atoms with Crippen molar-refractivity contribution in [2.75, 3.05) is 6.54 Å². The summed E-state index contributed by atoms with van der Waals surface area (Å²) in [7, 11) is 0. The van der Waals surface area contributed by atoms with Crippen LogP contribution in [0.15, 0.2) is 33.1 Å². The zero-order valence-corrected chi connectivity index (χ0v) is 17.7. The van der Waals surface area contributed by atoms with Gasteiger partial charge in [-0.3, -0.25) is 14.6 Å². The van der Waals surface area contributed by atoms with E-state index < -0.39 is 34.8 Å². The molecule has 1 atom stereocenters. The molecule has 0 saturated heterocycles. The third-order valence-electron chi connectivity index (χ3n) is 5.09. The van der Waals surface area contributed by atoms with Crippen LogP contribution in [-0.4, -0.2) is 39.8 Å². The molecule has 1 heterocycles. The Labute approximate surface area is 178 Å². The number of carbonyl (C=O) groups excluding carboxylic acids is 1. The van der Waals surface area contributed by atoms with Gasteiger partial charge in [-0.05, 0) is 32.3 Å². The zero-order valence-electron chi connectivity index (χ0n) is 17.7. The maximum absolute atomic E-state index is 12.9. The Hall–Kier alpha value is -2.49. The molecular weight excluding hydrogens is 413 g/mol. The second-order valence-electron chi connectivity index (χ2n) is 8.54. The van der Waals surface area contributed by atoms with Crippen LogP contribution >= 0.6 is 0 Å². The lowest BCUT2D eigenvalue weighted by molar-refractivity contribution is -0.137. The highest BCUT2D eigenvalue weighted by molar-refractivity contribution is 6.00. The second-order valence-corrected chi connectivity index (χ2v) is 8.54.